The average Bonchev–Trinajstić information content (AvgIpc) is 2.56. The molecular weight excluding hydrogens is 322 g/mol. The second-order valence-electron chi connectivity index (χ2n) is 6.05. The van der Waals surface area contributed by atoms with E-state index in [-0.39, 0.29) is 32.7 Å². The predicted octanol–water partition coefficient (Wildman–Crippen LogP) is -0.239. The van der Waals surface area contributed by atoms with Crippen LogP contribution in [0.1, 0.15) is 18.4 Å². The summed E-state index contributed by atoms with van der Waals surface area (Å²) in [6.45, 7) is -0.268. The molecule has 4 N–H and O–H groups in total. The third-order valence-corrected chi connectivity index (χ3v) is 4.19. The summed E-state index contributed by atoms with van der Waals surface area (Å²) in [4.78, 5) is 13.9. The zero-order valence-corrected chi connectivity index (χ0v) is 13.2. The van der Waals surface area contributed by atoms with Gasteiger partial charge in [0.1, 0.15) is 0 Å². The highest BCUT2D eigenvalue weighted by atomic mass is 19.2. The van der Waals surface area contributed by atoms with E-state index in [2.05, 4.69) is 5.32 Å². The van der Waals surface area contributed by atoms with E-state index in [4.69, 9.17) is 10.2 Å². The number of carbonyl (C=O) groups excluding carboxylic acids is 1. The minimum absolute atomic E-state index is 0.0712. The Hall–Kier alpha value is -1.61. The molecule has 0 bridgehead atoms. The number of carbonyl (C=O) groups is 1. The van der Waals surface area contributed by atoms with Crippen LogP contribution < -0.4 is 5.32 Å². The lowest BCUT2D eigenvalue weighted by atomic mass is 9.91. The molecule has 2 rings (SSSR count). The number of halogens is 2. The Morgan fingerprint density at radius 2 is 1.96 bits per heavy atom. The molecule has 1 aromatic carbocycles. The van der Waals surface area contributed by atoms with Gasteiger partial charge in [-0.05, 0) is 30.5 Å². The van der Waals surface area contributed by atoms with Crippen molar-refractivity contribution in [3.05, 3.63) is 35.4 Å². The number of rotatable bonds is 7. The summed E-state index contributed by atoms with van der Waals surface area (Å²) in [6, 6.07) is 2.80. The maximum atomic E-state index is 13.3. The Morgan fingerprint density at radius 3 is 2.58 bits per heavy atom. The molecule has 1 aromatic rings. The van der Waals surface area contributed by atoms with E-state index in [1.54, 1.807) is 0 Å². The van der Waals surface area contributed by atoms with Gasteiger partial charge in [-0.25, -0.2) is 8.78 Å². The smallest absolute Gasteiger partial charge is 0.256 e. The first-order valence-electron chi connectivity index (χ1n) is 7.80. The van der Waals surface area contributed by atoms with Crippen LogP contribution in [0.4, 0.5) is 8.78 Å². The second-order valence-corrected chi connectivity index (χ2v) is 6.05. The number of aliphatic hydroxyl groups excluding tert-OH is 2. The number of hydrogen-bond donors (Lipinski definition) is 4. The molecule has 0 saturated carbocycles. The molecule has 0 unspecified atom stereocenters. The van der Waals surface area contributed by atoms with Crippen molar-refractivity contribution in [1.29, 1.82) is 0 Å². The summed E-state index contributed by atoms with van der Waals surface area (Å²) in [6.07, 6.45) is 0.799. The molecule has 1 amide bonds. The molecule has 1 fully saturated rings. The van der Waals surface area contributed by atoms with Gasteiger partial charge in [0.15, 0.2) is 17.2 Å². The van der Waals surface area contributed by atoms with E-state index in [0.717, 1.165) is 12.1 Å². The Kier molecular flexibility index (Phi) is 6.22. The minimum Gasteiger partial charge on any atom is -0.395 e. The lowest BCUT2D eigenvalue weighted by molar-refractivity contribution is -0.157. The van der Waals surface area contributed by atoms with Crippen molar-refractivity contribution in [2.24, 2.45) is 0 Å². The average molecular weight is 344 g/mol. The summed E-state index contributed by atoms with van der Waals surface area (Å²) < 4.78 is 26.3. The maximum Gasteiger partial charge on any atom is 0.256 e. The number of nitrogens with one attached hydrogen (secondary N) is 1. The molecule has 1 heterocycles. The Morgan fingerprint density at radius 1 is 1.25 bits per heavy atom. The zero-order chi connectivity index (χ0) is 17.7. The largest absolute Gasteiger partial charge is 0.395 e. The fraction of sp³-hybridized carbons (Fsp3) is 0.562. The summed E-state index contributed by atoms with van der Waals surface area (Å²) in [7, 11) is 0. The first kappa shape index (κ1) is 18.7. The van der Waals surface area contributed by atoms with Gasteiger partial charge in [-0.3, -0.25) is 4.79 Å². The monoisotopic (exact) mass is 344 g/mol. The normalized spacial score (nSPS) is 21.6. The fourth-order valence-corrected chi connectivity index (χ4v) is 2.74. The first-order valence-corrected chi connectivity index (χ1v) is 7.80. The Bertz CT molecular complexity index is 583. The molecular formula is C16H22F2N2O4. The Labute approximate surface area is 138 Å². The quantitative estimate of drug-likeness (QED) is 0.548. The van der Waals surface area contributed by atoms with Crippen molar-refractivity contribution in [3.63, 3.8) is 0 Å². The number of piperidine rings is 1. The molecule has 0 aliphatic carbocycles. The van der Waals surface area contributed by atoms with Crippen molar-refractivity contribution in [1.82, 2.24) is 10.2 Å². The van der Waals surface area contributed by atoms with Gasteiger partial charge >= 0.3 is 0 Å². The van der Waals surface area contributed by atoms with Gasteiger partial charge < -0.3 is 25.5 Å². The van der Waals surface area contributed by atoms with E-state index in [1.807, 2.05) is 0 Å². The molecule has 24 heavy (non-hydrogen) atoms. The third kappa shape index (κ3) is 4.27. The van der Waals surface area contributed by atoms with Crippen LogP contribution in [0.5, 0.6) is 0 Å². The number of benzene rings is 1. The van der Waals surface area contributed by atoms with Gasteiger partial charge in [0.25, 0.3) is 5.91 Å². The standard InChI is InChI=1S/C16H22F2N2O4/c17-13-3-2-11(6-14(13)18)7-20-5-1-4-16(24,15(20)23)10-19-12(8-21)9-22/h2-3,6,12,19,21-22,24H,1,4-5,7-10H2/t16-/m1/s1. The van der Waals surface area contributed by atoms with Gasteiger partial charge in [-0.1, -0.05) is 6.07 Å². The Balaban J connectivity index is 2.04. The fourth-order valence-electron chi connectivity index (χ4n) is 2.74. The lowest BCUT2D eigenvalue weighted by Crippen LogP contribution is -2.59. The molecule has 6 nitrogen and oxygen atoms in total. The zero-order valence-electron chi connectivity index (χ0n) is 13.2. The summed E-state index contributed by atoms with van der Waals surface area (Å²) in [5.41, 5.74) is -1.22. The topological polar surface area (TPSA) is 93.0 Å². The first-order chi connectivity index (χ1) is 11.4. The SMILES string of the molecule is O=C1N(Cc2ccc(F)c(F)c2)CCC[C@@]1(O)CNC(CO)CO. The molecule has 8 heteroatoms. The van der Waals surface area contributed by atoms with Crippen molar-refractivity contribution in [3.8, 4) is 0 Å². The molecule has 1 atom stereocenters. The van der Waals surface area contributed by atoms with E-state index >= 15 is 0 Å². The summed E-state index contributed by atoms with van der Waals surface area (Å²) in [5.74, 6) is -2.45. The highest BCUT2D eigenvalue weighted by Crippen LogP contribution is 2.24. The van der Waals surface area contributed by atoms with E-state index < -0.39 is 29.2 Å². The minimum atomic E-state index is -1.65. The van der Waals surface area contributed by atoms with Gasteiger partial charge in [0, 0.05) is 19.6 Å². The van der Waals surface area contributed by atoms with Crippen LogP contribution in [-0.4, -0.2) is 64.1 Å². The lowest BCUT2D eigenvalue weighted by Gasteiger charge is -2.39. The molecule has 1 aliphatic heterocycles. The predicted molar refractivity (Wildman–Crippen MR) is 81.9 cm³/mol. The van der Waals surface area contributed by atoms with Gasteiger partial charge in [0.2, 0.25) is 0 Å². The molecule has 0 radical (unpaired) electrons. The molecule has 134 valence electrons. The van der Waals surface area contributed by atoms with E-state index in [0.29, 0.717) is 18.5 Å². The van der Waals surface area contributed by atoms with Crippen LogP contribution in [0.3, 0.4) is 0 Å². The highest BCUT2D eigenvalue weighted by Gasteiger charge is 2.42. The van der Waals surface area contributed by atoms with Crippen LogP contribution in [0, 0.1) is 11.6 Å². The van der Waals surface area contributed by atoms with Crippen LogP contribution >= 0.6 is 0 Å². The molecule has 0 aromatic heterocycles. The van der Waals surface area contributed by atoms with Gasteiger partial charge in [0.05, 0.1) is 19.3 Å². The number of hydrogen-bond acceptors (Lipinski definition) is 5. The van der Waals surface area contributed by atoms with Crippen LogP contribution in [-0.2, 0) is 11.3 Å². The van der Waals surface area contributed by atoms with Crippen molar-refractivity contribution >= 4 is 5.91 Å². The van der Waals surface area contributed by atoms with Gasteiger partial charge in [-0.15, -0.1) is 0 Å². The van der Waals surface area contributed by atoms with E-state index in [9.17, 15) is 18.7 Å². The summed E-state index contributed by atoms with van der Waals surface area (Å²) in [5, 5.41) is 31.4. The number of nitrogens with zero attached hydrogens (tertiary/aromatic N) is 1. The molecule has 1 saturated heterocycles. The number of likely N-dealkylation sites (tertiary alicyclic amines) is 1. The highest BCUT2D eigenvalue weighted by molar-refractivity contribution is 5.86. The van der Waals surface area contributed by atoms with Crippen molar-refractivity contribution in [2.45, 2.75) is 31.0 Å². The molecule has 1 aliphatic rings. The van der Waals surface area contributed by atoms with Crippen LogP contribution in [0.25, 0.3) is 0 Å². The summed E-state index contributed by atoms with van der Waals surface area (Å²) >= 11 is 0. The second kappa shape index (κ2) is 7.98. The maximum absolute atomic E-state index is 13.3. The van der Waals surface area contributed by atoms with E-state index in [1.165, 1.54) is 11.0 Å². The third-order valence-electron chi connectivity index (χ3n) is 4.19. The van der Waals surface area contributed by atoms with Gasteiger partial charge in [-0.2, -0.15) is 0 Å². The number of aliphatic hydroxyl groups is 3. The van der Waals surface area contributed by atoms with Crippen LogP contribution in [0.15, 0.2) is 18.2 Å². The van der Waals surface area contributed by atoms with Crippen LogP contribution in [0.2, 0.25) is 0 Å². The number of amides is 1. The van der Waals surface area contributed by atoms with Crippen molar-refractivity contribution < 1.29 is 28.9 Å². The van der Waals surface area contributed by atoms with Crippen molar-refractivity contribution in [2.75, 3.05) is 26.3 Å². The molecule has 0 spiro atoms.